The van der Waals surface area contributed by atoms with E-state index < -0.39 is 143 Å². The molecule has 0 bridgehead atoms. The van der Waals surface area contributed by atoms with Crippen LogP contribution in [0.15, 0.2) is 0 Å². The average Bonchev–Trinajstić information content (AvgIpc) is 3.04. The number of rotatable bonds is 14. The minimum Gasteiger partial charge on any atom is -0.394 e. The zero-order valence-electron chi connectivity index (χ0n) is 23.5. The molecule has 21 heteroatoms. The predicted octanol–water partition coefficient (Wildman–Crippen LogP) is -9.91. The molecule has 14 N–H and O–H groups in total. The minimum absolute atomic E-state index is 0.125. The van der Waals surface area contributed by atoms with Crippen LogP contribution in [0.3, 0.4) is 0 Å². The van der Waals surface area contributed by atoms with Crippen LogP contribution >= 0.6 is 0 Å². The Morgan fingerprint density at radius 3 is 1.58 bits per heavy atom. The fraction of sp³-hybridized carbons (Fsp3) is 0.958. The third-order valence-electron chi connectivity index (χ3n) is 7.74. The minimum atomic E-state index is -2.25. The number of carbonyl (C=O) groups excluding carboxylic acids is 1. The van der Waals surface area contributed by atoms with Crippen LogP contribution in [0.25, 0.3) is 0 Å². The summed E-state index contributed by atoms with van der Waals surface area (Å²) in [4.78, 5) is 11.2. The highest BCUT2D eigenvalue weighted by Gasteiger charge is 2.52. The van der Waals surface area contributed by atoms with Crippen LogP contribution in [0.4, 0.5) is 0 Å². The van der Waals surface area contributed by atoms with E-state index in [0.717, 1.165) is 0 Å². The number of ether oxygens (including phenoxy) is 6. The van der Waals surface area contributed by atoms with E-state index in [9.17, 15) is 76.3 Å². The molecule has 0 unspecified atom stereocenters. The number of aldehydes is 1. The van der Waals surface area contributed by atoms with Crippen molar-refractivity contribution in [3.05, 3.63) is 0 Å². The van der Waals surface area contributed by atoms with Crippen molar-refractivity contribution in [2.24, 2.45) is 0 Å². The van der Waals surface area contributed by atoms with E-state index in [4.69, 9.17) is 28.4 Å². The molecule has 3 rings (SSSR count). The van der Waals surface area contributed by atoms with E-state index in [1.165, 1.54) is 0 Å². The molecule has 21 nitrogen and oxygen atoms in total. The summed E-state index contributed by atoms with van der Waals surface area (Å²) >= 11 is 0. The van der Waals surface area contributed by atoms with Crippen LogP contribution in [0, 0.1) is 0 Å². The van der Waals surface area contributed by atoms with Crippen molar-refractivity contribution in [1.82, 2.24) is 0 Å². The van der Waals surface area contributed by atoms with Crippen LogP contribution in [-0.2, 0) is 33.2 Å². The van der Waals surface area contributed by atoms with Crippen molar-refractivity contribution in [3.8, 4) is 0 Å². The molecule has 0 spiro atoms. The number of aliphatic hydroxyl groups excluding tert-OH is 14. The lowest BCUT2D eigenvalue weighted by molar-refractivity contribution is -0.368. The maximum atomic E-state index is 11.2. The molecule has 0 aromatic rings. The number of aliphatic hydroxyl groups is 14. The third kappa shape index (κ3) is 8.48. The van der Waals surface area contributed by atoms with E-state index in [1.807, 2.05) is 0 Å². The number of carbonyl (C=O) groups is 1. The first-order valence-corrected chi connectivity index (χ1v) is 13.9. The summed E-state index contributed by atoms with van der Waals surface area (Å²) in [5.41, 5.74) is 0. The van der Waals surface area contributed by atoms with Gasteiger partial charge in [-0.05, 0) is 0 Å². The Morgan fingerprint density at radius 2 is 1.07 bits per heavy atom. The SMILES string of the molecule is O=C[C@@H](O)[C@@H](O)[C@H](O[C@@H]1O[C@H](CO)[C@@H](O[C@@H]2O[C@H](CO)[C@@H](O)[C@H](O)[C@@H]2O)[C@H](O)[C@@H]1O)[C@H](O)CO[C@H]1O[C@H](CO)[C@H](O)[C@H](O)[C@H]1O. The fourth-order valence-corrected chi connectivity index (χ4v) is 4.99. The summed E-state index contributed by atoms with van der Waals surface area (Å²) in [7, 11) is 0. The molecule has 0 saturated carbocycles. The van der Waals surface area contributed by atoms with Gasteiger partial charge in [0.2, 0.25) is 0 Å². The Bertz CT molecular complexity index is 895. The molecule has 0 radical (unpaired) electrons. The summed E-state index contributed by atoms with van der Waals surface area (Å²) in [5.74, 6) is 0. The van der Waals surface area contributed by atoms with Gasteiger partial charge in [0.15, 0.2) is 25.2 Å². The van der Waals surface area contributed by atoms with Gasteiger partial charge < -0.3 is 105 Å². The van der Waals surface area contributed by atoms with Gasteiger partial charge >= 0.3 is 0 Å². The van der Waals surface area contributed by atoms with Gasteiger partial charge in [0.1, 0.15) is 97.7 Å². The van der Waals surface area contributed by atoms with Crippen LogP contribution < -0.4 is 0 Å². The largest absolute Gasteiger partial charge is 0.394 e. The van der Waals surface area contributed by atoms with Crippen LogP contribution in [0.1, 0.15) is 0 Å². The molecular weight excluding hydrogens is 624 g/mol. The Hall–Kier alpha value is -1.13. The molecule has 3 saturated heterocycles. The van der Waals surface area contributed by atoms with Gasteiger partial charge in [0.25, 0.3) is 0 Å². The van der Waals surface area contributed by atoms with Gasteiger partial charge in [-0.3, -0.25) is 0 Å². The van der Waals surface area contributed by atoms with Crippen molar-refractivity contribution in [2.45, 2.75) is 117 Å². The second-order valence-corrected chi connectivity index (χ2v) is 10.8. The molecule has 264 valence electrons. The van der Waals surface area contributed by atoms with Crippen molar-refractivity contribution in [2.75, 3.05) is 26.4 Å². The van der Waals surface area contributed by atoms with Crippen LogP contribution in [0.2, 0.25) is 0 Å². The maximum Gasteiger partial charge on any atom is 0.187 e. The molecule has 45 heavy (non-hydrogen) atoms. The molecule has 3 aliphatic heterocycles. The van der Waals surface area contributed by atoms with Crippen LogP contribution in [-0.4, -0.2) is 221 Å². The molecule has 3 heterocycles. The normalized spacial score (nSPS) is 45.4. The van der Waals surface area contributed by atoms with Crippen molar-refractivity contribution in [3.63, 3.8) is 0 Å². The zero-order chi connectivity index (χ0) is 33.7. The molecule has 0 aromatic carbocycles. The second-order valence-electron chi connectivity index (χ2n) is 10.8. The van der Waals surface area contributed by atoms with Gasteiger partial charge in [-0.25, -0.2) is 0 Å². The highest BCUT2D eigenvalue weighted by molar-refractivity contribution is 5.56. The highest BCUT2D eigenvalue weighted by atomic mass is 16.7. The molecular formula is C24H42O21. The van der Waals surface area contributed by atoms with E-state index in [2.05, 4.69) is 0 Å². The first-order valence-electron chi connectivity index (χ1n) is 13.9. The first kappa shape index (κ1) is 38.3. The van der Waals surface area contributed by atoms with Gasteiger partial charge in [-0.15, -0.1) is 0 Å². The van der Waals surface area contributed by atoms with Gasteiger partial charge in [-0.2, -0.15) is 0 Å². The lowest BCUT2D eigenvalue weighted by Crippen LogP contribution is -2.65. The van der Waals surface area contributed by atoms with Crippen molar-refractivity contribution >= 4 is 6.29 Å². The summed E-state index contributed by atoms with van der Waals surface area (Å²) in [6, 6.07) is 0. The van der Waals surface area contributed by atoms with Crippen LogP contribution in [0.5, 0.6) is 0 Å². The lowest BCUT2D eigenvalue weighted by atomic mass is 9.96. The molecule has 19 atom stereocenters. The molecule has 3 fully saturated rings. The number of hydrogen-bond donors (Lipinski definition) is 14. The molecule has 0 aliphatic carbocycles. The Kier molecular flexibility index (Phi) is 14.3. The van der Waals surface area contributed by atoms with E-state index in [0.29, 0.717) is 0 Å². The Labute approximate surface area is 254 Å². The maximum absolute atomic E-state index is 11.2. The number of hydrogen-bond acceptors (Lipinski definition) is 21. The zero-order valence-corrected chi connectivity index (χ0v) is 23.5. The van der Waals surface area contributed by atoms with E-state index in [-0.39, 0.29) is 6.29 Å². The van der Waals surface area contributed by atoms with Crippen molar-refractivity contribution in [1.29, 1.82) is 0 Å². The summed E-state index contributed by atoms with van der Waals surface area (Å²) in [5, 5.41) is 141. The van der Waals surface area contributed by atoms with Crippen molar-refractivity contribution < 1.29 is 105 Å². The van der Waals surface area contributed by atoms with Gasteiger partial charge in [0.05, 0.1) is 26.4 Å². The topological polar surface area (TPSA) is 356 Å². The summed E-state index contributed by atoms with van der Waals surface area (Å²) < 4.78 is 31.8. The summed E-state index contributed by atoms with van der Waals surface area (Å²) in [6.07, 6.45) is -35.6. The first-order chi connectivity index (χ1) is 21.2. The predicted molar refractivity (Wildman–Crippen MR) is 135 cm³/mol. The highest BCUT2D eigenvalue weighted by Crippen LogP contribution is 2.31. The van der Waals surface area contributed by atoms with E-state index in [1.54, 1.807) is 0 Å². The third-order valence-corrected chi connectivity index (χ3v) is 7.74. The quantitative estimate of drug-likeness (QED) is 0.0765. The Balaban J connectivity index is 1.73. The smallest absolute Gasteiger partial charge is 0.187 e. The average molecular weight is 667 g/mol. The summed E-state index contributed by atoms with van der Waals surface area (Å²) in [6.45, 7) is -3.50. The lowest BCUT2D eigenvalue weighted by Gasteiger charge is -2.46. The second kappa shape index (κ2) is 16.8. The van der Waals surface area contributed by atoms with Gasteiger partial charge in [-0.1, -0.05) is 0 Å². The monoisotopic (exact) mass is 666 g/mol. The van der Waals surface area contributed by atoms with Gasteiger partial charge in [0, 0.05) is 0 Å². The van der Waals surface area contributed by atoms with E-state index >= 15 is 0 Å². The molecule has 0 aromatic heterocycles. The molecule has 0 amide bonds. The standard InChI is InChI=1S/C24H42O21/c25-1-6(29)11(31)20(7(30)5-40-22-17(37)14(34)12(32)8(2-26)41-22)44-24-19(39)16(36)21(10(4-28)43-24)45-23-18(38)15(35)13(33)9(3-27)42-23/h1,6-24,26-39H,2-5H2/t6-,7-,8-,9-,10-,11-,12+,13-,14+,15+,16-,17-,18+,19+,20-,21-,22+,23+,24+/m1/s1. The fourth-order valence-electron chi connectivity index (χ4n) is 4.99. The Morgan fingerprint density at radius 1 is 0.600 bits per heavy atom. The molecule has 3 aliphatic rings.